The lowest BCUT2D eigenvalue weighted by molar-refractivity contribution is 0.275. The summed E-state index contributed by atoms with van der Waals surface area (Å²) in [5.74, 6) is 4.49. The van der Waals surface area contributed by atoms with Crippen molar-refractivity contribution in [3.63, 3.8) is 0 Å². The Labute approximate surface area is 112 Å². The van der Waals surface area contributed by atoms with E-state index in [0.717, 1.165) is 4.09 Å². The number of rotatable bonds is 2. The van der Waals surface area contributed by atoms with Crippen LogP contribution in [0.1, 0.15) is 0 Å². The zero-order chi connectivity index (χ0) is 13.7. The standard InChI is InChI=1S/C9H5N6OP3/c10-6-14-18(7-11)13-17-15(19(14)8-12)16-9-4-2-1-3-5-9/h1-5H. The molecule has 0 bridgehead atoms. The summed E-state index contributed by atoms with van der Waals surface area (Å²) in [6.07, 6.45) is 1.85. The van der Waals surface area contributed by atoms with E-state index in [2.05, 4.69) is 4.51 Å². The highest BCUT2D eigenvalue weighted by Crippen LogP contribution is 2.37. The molecule has 0 radical (unpaired) electrons. The molecule has 2 unspecified atom stereocenters. The van der Waals surface area contributed by atoms with Crippen molar-refractivity contribution in [1.29, 1.82) is 15.8 Å². The van der Waals surface area contributed by atoms with Gasteiger partial charge in [-0.2, -0.15) is 24.4 Å². The van der Waals surface area contributed by atoms with Gasteiger partial charge >= 0.3 is 0 Å². The molecule has 0 aliphatic rings. The van der Waals surface area contributed by atoms with Crippen LogP contribution >= 0.6 is 24.2 Å². The van der Waals surface area contributed by atoms with Gasteiger partial charge < -0.3 is 4.84 Å². The third-order valence-electron chi connectivity index (χ3n) is 1.92. The molecule has 0 aliphatic heterocycles. The summed E-state index contributed by atoms with van der Waals surface area (Å²) in [5, 5.41) is 27.1. The SMILES string of the molecule is N#Cn1p(C#N)npn(Oc2ccccc2)p1C#N. The fraction of sp³-hybridized carbons (Fsp3) is 0. The van der Waals surface area contributed by atoms with Crippen LogP contribution in [0.15, 0.2) is 30.3 Å². The summed E-state index contributed by atoms with van der Waals surface area (Å²) in [6, 6.07) is 8.91. The van der Waals surface area contributed by atoms with E-state index in [-0.39, 0.29) is 0 Å². The predicted molar refractivity (Wildman–Crippen MR) is 71.3 cm³/mol. The normalized spacial score (nSPS) is 11.2. The van der Waals surface area contributed by atoms with Crippen LogP contribution in [-0.4, -0.2) is 12.9 Å². The van der Waals surface area contributed by atoms with Crippen molar-refractivity contribution in [3.8, 4) is 23.6 Å². The van der Waals surface area contributed by atoms with Crippen molar-refractivity contribution in [1.82, 2.24) is 12.9 Å². The van der Waals surface area contributed by atoms with Crippen molar-refractivity contribution in [3.05, 3.63) is 30.3 Å². The van der Waals surface area contributed by atoms with Crippen molar-refractivity contribution in [2.45, 2.75) is 0 Å². The minimum absolute atomic E-state index is 0.368. The van der Waals surface area contributed by atoms with Gasteiger partial charge in [-0.15, -0.1) is 4.26 Å². The highest BCUT2D eigenvalue weighted by atomic mass is 31.2. The van der Waals surface area contributed by atoms with E-state index in [9.17, 15) is 5.26 Å². The minimum Gasteiger partial charge on any atom is -0.365 e. The molecule has 0 fully saturated rings. The lowest BCUT2D eigenvalue weighted by Crippen LogP contribution is -2.03. The van der Waals surface area contributed by atoms with Crippen LogP contribution in [-0.2, 0) is 0 Å². The summed E-state index contributed by atoms with van der Waals surface area (Å²) in [5.41, 5.74) is 0. The fourth-order valence-electron chi connectivity index (χ4n) is 1.16. The monoisotopic (exact) mass is 306 g/mol. The lowest BCUT2D eigenvalue weighted by Gasteiger charge is -2.10. The average Bonchev–Trinajstić information content (AvgIpc) is 2.47. The highest BCUT2D eigenvalue weighted by molar-refractivity contribution is 7.64. The molecule has 1 aromatic carbocycles. The maximum absolute atomic E-state index is 9.17. The Balaban J connectivity index is 2.52. The summed E-state index contributed by atoms with van der Waals surface area (Å²) in [6.45, 7) is 0. The van der Waals surface area contributed by atoms with Crippen LogP contribution in [0.2, 0.25) is 0 Å². The zero-order valence-corrected chi connectivity index (χ0v) is 12.0. The molecule has 1 heterocycles. The van der Waals surface area contributed by atoms with Gasteiger partial charge in [0, 0.05) is 0 Å². The molecule has 0 saturated carbocycles. The number of nitrogens with zero attached hydrogens (tertiary/aromatic N) is 6. The second-order valence-corrected chi connectivity index (χ2v) is 7.61. The number of nitriles is 3. The van der Waals surface area contributed by atoms with Crippen molar-refractivity contribution < 1.29 is 4.84 Å². The molecule has 0 aliphatic carbocycles. The molecule has 0 N–H and O–H groups in total. The van der Waals surface area contributed by atoms with E-state index in [0.29, 0.717) is 14.3 Å². The van der Waals surface area contributed by atoms with Crippen LogP contribution < -0.4 is 4.84 Å². The third-order valence-corrected chi connectivity index (χ3v) is 6.58. The molecule has 0 saturated heterocycles. The molecule has 92 valence electrons. The lowest BCUT2D eigenvalue weighted by atomic mass is 10.3. The Morgan fingerprint density at radius 3 is 2.47 bits per heavy atom. The first-order valence-electron chi connectivity index (χ1n) is 4.84. The Kier molecular flexibility index (Phi) is 4.25. The summed E-state index contributed by atoms with van der Waals surface area (Å²) < 4.78 is 6.45. The summed E-state index contributed by atoms with van der Waals surface area (Å²) >= 11 is 0. The van der Waals surface area contributed by atoms with Gasteiger partial charge in [0.15, 0.2) is 47.8 Å². The molecular formula is C9H5N6OP3. The third kappa shape index (κ3) is 2.79. The van der Waals surface area contributed by atoms with Crippen molar-refractivity contribution in [2.24, 2.45) is 0 Å². The van der Waals surface area contributed by atoms with Gasteiger partial charge in [0.1, 0.15) is 0 Å². The first-order chi connectivity index (χ1) is 9.30. The number of hydrogen-bond acceptors (Lipinski definition) is 5. The molecule has 0 spiro atoms. The fourth-order valence-corrected chi connectivity index (χ4v) is 5.66. The molecule has 1 aromatic heterocycles. The van der Waals surface area contributed by atoms with E-state index in [1.54, 1.807) is 24.3 Å². The number of hydrogen-bond donors (Lipinski definition) is 0. The number of para-hydroxylation sites is 1. The van der Waals surface area contributed by atoms with E-state index >= 15 is 0 Å². The van der Waals surface area contributed by atoms with Crippen LogP contribution in [0, 0.1) is 33.6 Å². The Hall–Kier alpha value is -2.21. The largest absolute Gasteiger partial charge is 0.365 e. The average molecular weight is 306 g/mol. The highest BCUT2D eigenvalue weighted by Gasteiger charge is 2.12. The summed E-state index contributed by atoms with van der Waals surface area (Å²) in [7, 11) is -2.91. The second-order valence-electron chi connectivity index (χ2n) is 3.00. The van der Waals surface area contributed by atoms with Crippen LogP contribution in [0.25, 0.3) is 0 Å². The predicted octanol–water partition coefficient (Wildman–Crippen LogP) is 3.19. The van der Waals surface area contributed by atoms with E-state index in [4.69, 9.17) is 15.4 Å². The first kappa shape index (κ1) is 13.2. The van der Waals surface area contributed by atoms with Gasteiger partial charge in [0.05, 0.1) is 0 Å². The Morgan fingerprint density at radius 2 is 1.89 bits per heavy atom. The quantitative estimate of drug-likeness (QED) is 0.847. The number of benzene rings is 1. The van der Waals surface area contributed by atoms with Gasteiger partial charge in [-0.3, -0.25) is 0 Å². The van der Waals surface area contributed by atoms with Gasteiger partial charge in [0.2, 0.25) is 0 Å². The Morgan fingerprint density at radius 1 is 1.16 bits per heavy atom. The maximum atomic E-state index is 9.17. The molecule has 2 rings (SSSR count). The molecule has 0 amide bonds. The van der Waals surface area contributed by atoms with Gasteiger partial charge in [-0.05, 0) is 12.1 Å². The molecule has 19 heavy (non-hydrogen) atoms. The van der Waals surface area contributed by atoms with Crippen LogP contribution in [0.4, 0.5) is 0 Å². The smallest absolute Gasteiger partial charge is 0.199 e. The van der Waals surface area contributed by atoms with Crippen molar-refractivity contribution >= 4 is 24.2 Å². The Bertz CT molecular complexity index is 746. The second kappa shape index (κ2) is 6.10. The van der Waals surface area contributed by atoms with Crippen molar-refractivity contribution in [2.75, 3.05) is 0 Å². The zero-order valence-electron chi connectivity index (χ0n) is 9.32. The minimum atomic E-state index is -1.68. The maximum Gasteiger partial charge on any atom is 0.199 e. The van der Waals surface area contributed by atoms with E-state index in [1.165, 1.54) is 4.26 Å². The molecule has 7 nitrogen and oxygen atoms in total. The number of aromatic nitrogens is 3. The van der Waals surface area contributed by atoms with Crippen LogP contribution in [0.3, 0.4) is 0 Å². The van der Waals surface area contributed by atoms with Gasteiger partial charge in [-0.25, -0.2) is 0 Å². The van der Waals surface area contributed by atoms with E-state index < -0.39 is 15.7 Å². The van der Waals surface area contributed by atoms with Crippen LogP contribution in [0.5, 0.6) is 5.75 Å². The molecule has 2 atom stereocenters. The van der Waals surface area contributed by atoms with Gasteiger partial charge in [-0.1, -0.05) is 18.2 Å². The molecule has 2 aromatic rings. The molecular weight excluding hydrogens is 301 g/mol. The van der Waals surface area contributed by atoms with Gasteiger partial charge in [0.25, 0.3) is 0 Å². The molecule has 10 heteroatoms. The first-order valence-corrected chi connectivity index (χ1v) is 8.13. The van der Waals surface area contributed by atoms with E-state index in [1.807, 2.05) is 23.9 Å². The topological polar surface area (TPSA) is 103 Å². The summed E-state index contributed by atoms with van der Waals surface area (Å²) in [4.78, 5) is 5.53.